The predicted molar refractivity (Wildman–Crippen MR) is 130 cm³/mol. The highest BCUT2D eigenvalue weighted by Gasteiger charge is 2.31. The normalized spacial score (nSPS) is 18.4. The van der Waals surface area contributed by atoms with Gasteiger partial charge in [-0.3, -0.25) is 9.69 Å². The quantitative estimate of drug-likeness (QED) is 0.424. The smallest absolute Gasteiger partial charge is 0.416 e. The van der Waals surface area contributed by atoms with Crippen molar-refractivity contribution in [2.45, 2.75) is 71.5 Å². The standard InChI is InChI=1S/C28H36F3NO2/c1-18(2)15-25(27(33)34)21-10-13-23(26-7-5-6-14-32(26)17-19(3)4)24(16-21)20-8-11-22(12-9-20)28(29,30)31/h8-13,16,18-19,25-26H,5-7,14-15,17H2,1-4H3,(H,33,34). The molecule has 0 aliphatic carbocycles. The van der Waals surface area contributed by atoms with Crippen LogP contribution in [0.2, 0.25) is 0 Å². The van der Waals surface area contributed by atoms with Gasteiger partial charge >= 0.3 is 12.1 Å². The SMILES string of the molecule is CC(C)CC(C(=O)O)c1ccc(C2CCCCN2CC(C)C)c(-c2ccc(C(F)(F)F)cc2)c1. The zero-order valence-electron chi connectivity index (χ0n) is 20.5. The van der Waals surface area contributed by atoms with Crippen molar-refractivity contribution in [3.63, 3.8) is 0 Å². The third kappa shape index (κ3) is 6.41. The number of carbonyl (C=O) groups is 1. The first-order valence-electron chi connectivity index (χ1n) is 12.3. The lowest BCUT2D eigenvalue weighted by Crippen LogP contribution is -2.36. The van der Waals surface area contributed by atoms with Crippen molar-refractivity contribution >= 4 is 5.97 Å². The fourth-order valence-electron chi connectivity index (χ4n) is 5.05. The van der Waals surface area contributed by atoms with Gasteiger partial charge in [-0.25, -0.2) is 0 Å². The van der Waals surface area contributed by atoms with E-state index in [1.165, 1.54) is 12.1 Å². The summed E-state index contributed by atoms with van der Waals surface area (Å²) < 4.78 is 39.5. The summed E-state index contributed by atoms with van der Waals surface area (Å²) in [7, 11) is 0. The maximum atomic E-state index is 13.2. The van der Waals surface area contributed by atoms with Crippen LogP contribution in [0.5, 0.6) is 0 Å². The summed E-state index contributed by atoms with van der Waals surface area (Å²) in [6, 6.07) is 11.2. The summed E-state index contributed by atoms with van der Waals surface area (Å²) in [6.07, 6.45) is -0.685. The third-order valence-electron chi connectivity index (χ3n) is 6.58. The van der Waals surface area contributed by atoms with Crippen LogP contribution in [0.1, 0.15) is 82.0 Å². The highest BCUT2D eigenvalue weighted by atomic mass is 19.4. The molecule has 0 amide bonds. The van der Waals surface area contributed by atoms with Gasteiger partial charge in [0.25, 0.3) is 0 Å². The monoisotopic (exact) mass is 475 g/mol. The zero-order chi connectivity index (χ0) is 25.0. The highest BCUT2D eigenvalue weighted by molar-refractivity contribution is 5.78. The number of halogens is 3. The van der Waals surface area contributed by atoms with Crippen LogP contribution in [0.15, 0.2) is 42.5 Å². The number of benzene rings is 2. The number of nitrogens with zero attached hydrogens (tertiary/aromatic N) is 1. The van der Waals surface area contributed by atoms with E-state index in [1.807, 2.05) is 32.0 Å². The van der Waals surface area contributed by atoms with Crippen LogP contribution in [-0.4, -0.2) is 29.1 Å². The molecule has 0 radical (unpaired) electrons. The number of alkyl halides is 3. The third-order valence-corrected chi connectivity index (χ3v) is 6.58. The van der Waals surface area contributed by atoms with E-state index in [-0.39, 0.29) is 12.0 Å². The van der Waals surface area contributed by atoms with E-state index < -0.39 is 23.6 Å². The topological polar surface area (TPSA) is 40.5 Å². The van der Waals surface area contributed by atoms with Crippen LogP contribution in [0.25, 0.3) is 11.1 Å². The van der Waals surface area contributed by atoms with Crippen molar-refractivity contribution in [3.05, 3.63) is 59.2 Å². The van der Waals surface area contributed by atoms with Crippen LogP contribution >= 0.6 is 0 Å². The minimum atomic E-state index is -4.40. The molecule has 34 heavy (non-hydrogen) atoms. The van der Waals surface area contributed by atoms with E-state index in [2.05, 4.69) is 18.7 Å². The number of hydrogen-bond acceptors (Lipinski definition) is 2. The Hall–Kier alpha value is -2.34. The summed E-state index contributed by atoms with van der Waals surface area (Å²) in [5, 5.41) is 9.89. The highest BCUT2D eigenvalue weighted by Crippen LogP contribution is 2.40. The van der Waals surface area contributed by atoms with Crippen molar-refractivity contribution < 1.29 is 23.1 Å². The van der Waals surface area contributed by atoms with Gasteiger partial charge in [0, 0.05) is 12.6 Å². The number of piperidine rings is 1. The minimum absolute atomic E-state index is 0.163. The van der Waals surface area contributed by atoms with E-state index >= 15 is 0 Å². The zero-order valence-corrected chi connectivity index (χ0v) is 20.5. The molecule has 0 spiro atoms. The molecule has 0 saturated carbocycles. The Bertz CT molecular complexity index is 967. The van der Waals surface area contributed by atoms with Gasteiger partial charge in [-0.05, 0) is 78.1 Å². The molecule has 2 aromatic rings. The minimum Gasteiger partial charge on any atom is -0.481 e. The Balaban J connectivity index is 2.12. The summed E-state index contributed by atoms with van der Waals surface area (Å²) >= 11 is 0. The Kier molecular flexibility index (Phi) is 8.45. The van der Waals surface area contributed by atoms with Crippen LogP contribution < -0.4 is 0 Å². The lowest BCUT2D eigenvalue weighted by atomic mass is 9.83. The summed E-state index contributed by atoms with van der Waals surface area (Å²) in [5.74, 6) is -0.828. The van der Waals surface area contributed by atoms with Crippen molar-refractivity contribution in [1.82, 2.24) is 4.90 Å². The van der Waals surface area contributed by atoms with Crippen LogP contribution in [0.4, 0.5) is 13.2 Å². The lowest BCUT2D eigenvalue weighted by Gasteiger charge is -2.38. The van der Waals surface area contributed by atoms with Gasteiger partial charge in [0.2, 0.25) is 0 Å². The van der Waals surface area contributed by atoms with Crippen molar-refractivity contribution in [2.24, 2.45) is 11.8 Å². The average Bonchev–Trinajstić information content (AvgIpc) is 2.76. The van der Waals surface area contributed by atoms with E-state index in [0.29, 0.717) is 23.5 Å². The number of carboxylic acid groups (broad SMARTS) is 1. The first kappa shape index (κ1) is 26.3. The van der Waals surface area contributed by atoms with Gasteiger partial charge in [0.05, 0.1) is 11.5 Å². The number of hydrogen-bond donors (Lipinski definition) is 1. The van der Waals surface area contributed by atoms with E-state index in [0.717, 1.165) is 55.6 Å². The molecule has 6 heteroatoms. The molecule has 2 unspecified atom stereocenters. The van der Waals surface area contributed by atoms with E-state index in [4.69, 9.17) is 0 Å². The Labute approximate surface area is 201 Å². The van der Waals surface area contributed by atoms with Crippen LogP contribution in [-0.2, 0) is 11.0 Å². The maximum absolute atomic E-state index is 13.2. The Morgan fingerprint density at radius 2 is 1.71 bits per heavy atom. The first-order valence-corrected chi connectivity index (χ1v) is 12.3. The molecule has 1 aliphatic rings. The largest absolute Gasteiger partial charge is 0.481 e. The second-order valence-electron chi connectivity index (χ2n) is 10.3. The molecule has 1 saturated heterocycles. The summed E-state index contributed by atoms with van der Waals surface area (Å²) in [6.45, 7) is 10.3. The number of carboxylic acids is 1. The van der Waals surface area contributed by atoms with Gasteiger partial charge in [0.1, 0.15) is 0 Å². The molecule has 1 aliphatic heterocycles. The number of rotatable bonds is 8. The van der Waals surface area contributed by atoms with Gasteiger partial charge in [-0.1, -0.05) is 58.4 Å². The second kappa shape index (κ2) is 10.9. The van der Waals surface area contributed by atoms with Crippen molar-refractivity contribution in [3.8, 4) is 11.1 Å². The van der Waals surface area contributed by atoms with E-state index in [9.17, 15) is 23.1 Å². The molecule has 186 valence electrons. The molecule has 2 atom stereocenters. The van der Waals surface area contributed by atoms with Crippen molar-refractivity contribution in [1.29, 1.82) is 0 Å². The summed E-state index contributed by atoms with van der Waals surface area (Å²) in [5.41, 5.74) is 2.61. The molecule has 3 nitrogen and oxygen atoms in total. The Morgan fingerprint density at radius 1 is 1.03 bits per heavy atom. The van der Waals surface area contributed by atoms with Crippen LogP contribution in [0, 0.1) is 11.8 Å². The number of aliphatic carboxylic acids is 1. The molecule has 1 fully saturated rings. The molecular weight excluding hydrogens is 439 g/mol. The lowest BCUT2D eigenvalue weighted by molar-refractivity contribution is -0.139. The van der Waals surface area contributed by atoms with Gasteiger partial charge in [-0.15, -0.1) is 0 Å². The second-order valence-corrected chi connectivity index (χ2v) is 10.3. The fourth-order valence-corrected chi connectivity index (χ4v) is 5.05. The number of likely N-dealkylation sites (tertiary alicyclic amines) is 1. The molecule has 0 bridgehead atoms. The molecular formula is C28H36F3NO2. The first-order chi connectivity index (χ1) is 16.0. The summed E-state index contributed by atoms with van der Waals surface area (Å²) in [4.78, 5) is 14.5. The van der Waals surface area contributed by atoms with E-state index in [1.54, 1.807) is 0 Å². The van der Waals surface area contributed by atoms with Gasteiger partial charge in [-0.2, -0.15) is 13.2 Å². The predicted octanol–water partition coefficient (Wildman–Crippen LogP) is 7.77. The molecule has 2 aromatic carbocycles. The maximum Gasteiger partial charge on any atom is 0.416 e. The van der Waals surface area contributed by atoms with Crippen molar-refractivity contribution in [2.75, 3.05) is 13.1 Å². The Morgan fingerprint density at radius 3 is 2.26 bits per heavy atom. The van der Waals surface area contributed by atoms with Crippen LogP contribution in [0.3, 0.4) is 0 Å². The van der Waals surface area contributed by atoms with Gasteiger partial charge < -0.3 is 5.11 Å². The average molecular weight is 476 g/mol. The molecule has 1 N–H and O–H groups in total. The molecule has 0 aromatic heterocycles. The van der Waals surface area contributed by atoms with Gasteiger partial charge in [0.15, 0.2) is 0 Å². The molecule has 1 heterocycles. The molecule has 3 rings (SSSR count). The fraction of sp³-hybridized carbons (Fsp3) is 0.536.